The number of hydrogen-bond donors (Lipinski definition) is 0. The van der Waals surface area contributed by atoms with E-state index in [4.69, 9.17) is 4.74 Å². The molecule has 1 atom stereocenters. The fourth-order valence-corrected chi connectivity index (χ4v) is 2.74. The van der Waals surface area contributed by atoms with Crippen LogP contribution in [0.3, 0.4) is 0 Å². The number of carbonyl (C=O) groups is 1. The van der Waals surface area contributed by atoms with Gasteiger partial charge in [0.25, 0.3) is 0 Å². The van der Waals surface area contributed by atoms with Crippen molar-refractivity contribution >= 4 is 5.78 Å². The number of nitrogens with zero attached hydrogens (tertiary/aromatic N) is 1. The third kappa shape index (κ3) is 3.28. The highest BCUT2D eigenvalue weighted by atomic mass is 16.5. The number of ketones is 1. The number of Topliss-reactive ketones (excluding diaryl/α,β-unsaturated/α-hetero) is 1. The molecule has 0 saturated carbocycles. The van der Waals surface area contributed by atoms with Crippen LogP contribution in [0.5, 0.6) is 0 Å². The van der Waals surface area contributed by atoms with E-state index in [1.54, 1.807) is 0 Å². The maximum atomic E-state index is 12.8. The first-order valence-electron chi connectivity index (χ1n) is 7.48. The van der Waals surface area contributed by atoms with E-state index in [0.717, 1.165) is 38.3 Å². The number of carbonyl (C=O) groups excluding carboxylic acids is 1. The van der Waals surface area contributed by atoms with Crippen LogP contribution in [0.2, 0.25) is 0 Å². The van der Waals surface area contributed by atoms with Gasteiger partial charge in [-0.3, -0.25) is 9.69 Å². The first kappa shape index (κ1) is 15.2. The van der Waals surface area contributed by atoms with Gasteiger partial charge in [0.05, 0.1) is 18.8 Å². The Morgan fingerprint density at radius 2 is 1.85 bits per heavy atom. The quantitative estimate of drug-likeness (QED) is 0.827. The molecule has 3 nitrogen and oxygen atoms in total. The molecule has 0 spiro atoms. The molecule has 1 fully saturated rings. The number of ether oxygens (including phenoxy) is 1. The lowest BCUT2D eigenvalue weighted by Gasteiger charge is -2.41. The monoisotopic (exact) mass is 275 g/mol. The minimum absolute atomic E-state index is 0.311. The zero-order valence-corrected chi connectivity index (χ0v) is 12.8. The lowest BCUT2D eigenvalue weighted by atomic mass is 9.87. The molecule has 1 unspecified atom stereocenters. The largest absolute Gasteiger partial charge is 0.379 e. The van der Waals surface area contributed by atoms with Crippen LogP contribution in [0.4, 0.5) is 0 Å². The smallest absolute Gasteiger partial charge is 0.157 e. The summed E-state index contributed by atoms with van der Waals surface area (Å²) in [5, 5.41) is 0. The van der Waals surface area contributed by atoms with Crippen molar-refractivity contribution in [3.63, 3.8) is 0 Å². The summed E-state index contributed by atoms with van der Waals surface area (Å²) in [6.07, 6.45) is 1.36. The predicted octanol–water partition coefficient (Wildman–Crippen LogP) is 2.61. The fourth-order valence-electron chi connectivity index (χ4n) is 2.74. The second kappa shape index (κ2) is 6.51. The van der Waals surface area contributed by atoms with Gasteiger partial charge < -0.3 is 4.74 Å². The molecule has 1 heterocycles. The Morgan fingerprint density at radius 3 is 2.40 bits per heavy atom. The molecule has 1 aromatic rings. The summed E-state index contributed by atoms with van der Waals surface area (Å²) in [4.78, 5) is 15.1. The van der Waals surface area contributed by atoms with E-state index in [0.29, 0.717) is 12.2 Å². The Balaban J connectivity index is 2.09. The number of aryl methyl sites for hydroxylation is 1. The number of hydrogen-bond acceptors (Lipinski definition) is 3. The maximum absolute atomic E-state index is 12.8. The van der Waals surface area contributed by atoms with Gasteiger partial charge in [0.2, 0.25) is 0 Å². The highest BCUT2D eigenvalue weighted by Gasteiger charge is 2.37. The minimum atomic E-state index is -0.366. The van der Waals surface area contributed by atoms with E-state index in [9.17, 15) is 4.79 Å². The molecule has 0 bridgehead atoms. The highest BCUT2D eigenvalue weighted by molar-refractivity contribution is 5.89. The highest BCUT2D eigenvalue weighted by Crippen LogP contribution is 2.24. The van der Waals surface area contributed by atoms with Crippen LogP contribution in [0.25, 0.3) is 0 Å². The van der Waals surface area contributed by atoms with Crippen LogP contribution in [0.15, 0.2) is 24.3 Å². The summed E-state index contributed by atoms with van der Waals surface area (Å²) >= 11 is 0. The van der Waals surface area contributed by atoms with Crippen LogP contribution in [0, 0.1) is 6.92 Å². The first-order valence-corrected chi connectivity index (χ1v) is 7.48. The molecular formula is C17H25NO2. The molecule has 0 N–H and O–H groups in total. The fraction of sp³-hybridized carbons (Fsp3) is 0.588. The van der Waals surface area contributed by atoms with Gasteiger partial charge in [-0.1, -0.05) is 36.8 Å². The van der Waals surface area contributed by atoms with Gasteiger partial charge >= 0.3 is 0 Å². The Kier molecular flexibility index (Phi) is 4.95. The van der Waals surface area contributed by atoms with Crippen molar-refractivity contribution in [2.75, 3.05) is 26.3 Å². The van der Waals surface area contributed by atoms with E-state index in [1.165, 1.54) is 5.56 Å². The molecule has 1 aliphatic rings. The van der Waals surface area contributed by atoms with Crippen LogP contribution < -0.4 is 0 Å². The van der Waals surface area contributed by atoms with Gasteiger partial charge in [-0.25, -0.2) is 0 Å². The van der Waals surface area contributed by atoms with Crippen molar-refractivity contribution in [1.82, 2.24) is 4.90 Å². The normalized spacial score (nSPS) is 19.6. The zero-order valence-electron chi connectivity index (χ0n) is 12.8. The Hall–Kier alpha value is -1.19. The maximum Gasteiger partial charge on any atom is 0.157 e. The van der Waals surface area contributed by atoms with Gasteiger partial charge in [0, 0.05) is 19.5 Å². The predicted molar refractivity (Wildman–Crippen MR) is 81.0 cm³/mol. The topological polar surface area (TPSA) is 29.5 Å². The summed E-state index contributed by atoms with van der Waals surface area (Å²) in [5.41, 5.74) is 1.97. The van der Waals surface area contributed by atoms with Crippen molar-refractivity contribution in [2.24, 2.45) is 0 Å². The van der Waals surface area contributed by atoms with E-state index in [2.05, 4.69) is 49.9 Å². The Morgan fingerprint density at radius 1 is 1.25 bits per heavy atom. The molecule has 2 rings (SSSR count). The van der Waals surface area contributed by atoms with E-state index >= 15 is 0 Å². The third-order valence-electron chi connectivity index (χ3n) is 4.48. The van der Waals surface area contributed by atoms with Gasteiger partial charge in [0.15, 0.2) is 5.78 Å². The van der Waals surface area contributed by atoms with Crippen molar-refractivity contribution in [3.8, 4) is 0 Å². The van der Waals surface area contributed by atoms with Crippen LogP contribution in [-0.4, -0.2) is 42.5 Å². The summed E-state index contributed by atoms with van der Waals surface area (Å²) in [5.74, 6) is 0.311. The first-order chi connectivity index (χ1) is 9.56. The summed E-state index contributed by atoms with van der Waals surface area (Å²) in [7, 11) is 0. The number of benzene rings is 1. The average Bonchev–Trinajstić information content (AvgIpc) is 2.49. The number of morpholine rings is 1. The molecule has 110 valence electrons. The third-order valence-corrected chi connectivity index (χ3v) is 4.48. The molecule has 1 saturated heterocycles. The molecule has 1 aliphatic heterocycles. The molecule has 1 aromatic carbocycles. The van der Waals surface area contributed by atoms with E-state index in [-0.39, 0.29) is 5.54 Å². The molecule has 0 radical (unpaired) electrons. The van der Waals surface area contributed by atoms with Crippen molar-refractivity contribution in [2.45, 2.75) is 39.2 Å². The Bertz CT molecular complexity index is 449. The standard InChI is InChI=1S/C17H25NO2/c1-4-17(3,18-9-11-20-12-10-18)16(19)13-15-7-5-14(2)6-8-15/h5-8H,4,9-13H2,1-3H3. The van der Waals surface area contributed by atoms with Crippen LogP contribution in [0.1, 0.15) is 31.4 Å². The molecule has 20 heavy (non-hydrogen) atoms. The van der Waals surface area contributed by atoms with Crippen molar-refractivity contribution in [1.29, 1.82) is 0 Å². The summed E-state index contributed by atoms with van der Waals surface area (Å²) in [6.45, 7) is 9.40. The molecule has 0 aromatic heterocycles. The molecule has 0 amide bonds. The van der Waals surface area contributed by atoms with Gasteiger partial charge in [0.1, 0.15) is 0 Å². The summed E-state index contributed by atoms with van der Waals surface area (Å²) in [6, 6.07) is 8.26. The van der Waals surface area contributed by atoms with Crippen LogP contribution >= 0.6 is 0 Å². The zero-order chi connectivity index (χ0) is 14.6. The second-order valence-corrected chi connectivity index (χ2v) is 5.81. The van der Waals surface area contributed by atoms with Gasteiger partial charge in [-0.15, -0.1) is 0 Å². The second-order valence-electron chi connectivity index (χ2n) is 5.81. The van der Waals surface area contributed by atoms with Crippen molar-refractivity contribution in [3.05, 3.63) is 35.4 Å². The molecule has 0 aliphatic carbocycles. The van der Waals surface area contributed by atoms with Gasteiger partial charge in [-0.05, 0) is 25.8 Å². The number of rotatable bonds is 5. The SMILES string of the molecule is CCC(C)(C(=O)Cc1ccc(C)cc1)N1CCOCC1. The molecule has 3 heteroatoms. The molecular weight excluding hydrogens is 250 g/mol. The average molecular weight is 275 g/mol. The van der Waals surface area contributed by atoms with Crippen molar-refractivity contribution < 1.29 is 9.53 Å². The van der Waals surface area contributed by atoms with Crippen LogP contribution in [-0.2, 0) is 16.0 Å². The van der Waals surface area contributed by atoms with Gasteiger partial charge in [-0.2, -0.15) is 0 Å². The lowest BCUT2D eigenvalue weighted by molar-refractivity contribution is -0.133. The minimum Gasteiger partial charge on any atom is -0.379 e. The Labute approximate surface area is 121 Å². The lowest BCUT2D eigenvalue weighted by Crippen LogP contribution is -2.56. The van der Waals surface area contributed by atoms with E-state index in [1.807, 2.05) is 0 Å². The van der Waals surface area contributed by atoms with E-state index < -0.39 is 0 Å². The summed E-state index contributed by atoms with van der Waals surface area (Å²) < 4.78 is 5.40.